The van der Waals surface area contributed by atoms with E-state index in [9.17, 15) is 9.90 Å². The van der Waals surface area contributed by atoms with Crippen LogP contribution in [0.2, 0.25) is 0 Å². The Labute approximate surface area is 166 Å². The van der Waals surface area contributed by atoms with Gasteiger partial charge < -0.3 is 28.8 Å². The second-order valence-corrected chi connectivity index (χ2v) is 8.12. The number of aliphatic hydroxyl groups excluding tert-OH is 1. The molecule has 158 valence electrons. The van der Waals surface area contributed by atoms with Crippen LogP contribution in [0.1, 0.15) is 46.0 Å². The van der Waals surface area contributed by atoms with Gasteiger partial charge in [0.2, 0.25) is 0 Å². The number of aliphatic hydroxyl groups is 1. The minimum atomic E-state index is -0.749. The average molecular weight is 396 g/mol. The van der Waals surface area contributed by atoms with Crippen LogP contribution in [0.15, 0.2) is 24.8 Å². The smallest absolute Gasteiger partial charge is 0.330 e. The SMILES string of the molecule is C=CC[C@@H](O)[C@H]1CC[C@@H]([C@H]2CC[C@H]([C@H]3OC(C)(C)O[C@H]3/C=C/C(=O)OC)O2)O1. The van der Waals surface area contributed by atoms with Crippen molar-refractivity contribution in [2.45, 2.75) is 94.5 Å². The summed E-state index contributed by atoms with van der Waals surface area (Å²) in [6.45, 7) is 7.37. The number of carbonyl (C=O) groups is 1. The molecule has 3 fully saturated rings. The molecule has 0 aromatic rings. The first-order valence-electron chi connectivity index (χ1n) is 10.0. The quantitative estimate of drug-likeness (QED) is 0.401. The van der Waals surface area contributed by atoms with Crippen LogP contribution in [0.25, 0.3) is 0 Å². The number of hydrogen-bond donors (Lipinski definition) is 1. The maximum absolute atomic E-state index is 11.4. The molecule has 3 heterocycles. The monoisotopic (exact) mass is 396 g/mol. The fourth-order valence-electron chi connectivity index (χ4n) is 4.27. The van der Waals surface area contributed by atoms with E-state index in [1.54, 1.807) is 12.2 Å². The van der Waals surface area contributed by atoms with Gasteiger partial charge in [-0.3, -0.25) is 0 Å². The number of rotatable bonds is 7. The summed E-state index contributed by atoms with van der Waals surface area (Å²) < 4.78 is 29.0. The molecule has 3 aliphatic rings. The molecule has 28 heavy (non-hydrogen) atoms. The molecule has 7 nitrogen and oxygen atoms in total. The van der Waals surface area contributed by atoms with E-state index in [4.69, 9.17) is 18.9 Å². The summed E-state index contributed by atoms with van der Waals surface area (Å²) in [5.41, 5.74) is 0. The summed E-state index contributed by atoms with van der Waals surface area (Å²) in [5.74, 6) is -1.18. The fourth-order valence-corrected chi connectivity index (χ4v) is 4.27. The Morgan fingerprint density at radius 1 is 1.18 bits per heavy atom. The molecule has 0 aromatic heterocycles. The van der Waals surface area contributed by atoms with Crippen molar-refractivity contribution in [2.75, 3.05) is 7.11 Å². The number of methoxy groups -OCH3 is 1. The molecule has 0 aliphatic carbocycles. The summed E-state index contributed by atoms with van der Waals surface area (Å²) >= 11 is 0. The predicted octanol–water partition coefficient (Wildman–Crippen LogP) is 2.27. The topological polar surface area (TPSA) is 83.5 Å². The second kappa shape index (κ2) is 9.05. The van der Waals surface area contributed by atoms with Crippen LogP contribution in [0.4, 0.5) is 0 Å². The van der Waals surface area contributed by atoms with E-state index in [2.05, 4.69) is 11.3 Å². The van der Waals surface area contributed by atoms with E-state index in [1.165, 1.54) is 13.2 Å². The Bertz CT molecular complexity index is 587. The Morgan fingerprint density at radius 3 is 2.57 bits per heavy atom. The molecular weight excluding hydrogens is 364 g/mol. The van der Waals surface area contributed by atoms with Crippen molar-refractivity contribution in [3.8, 4) is 0 Å². The van der Waals surface area contributed by atoms with Gasteiger partial charge in [-0.2, -0.15) is 0 Å². The number of hydrogen-bond acceptors (Lipinski definition) is 7. The third kappa shape index (κ3) is 5.02. The average Bonchev–Trinajstić information content (AvgIpc) is 3.37. The summed E-state index contributed by atoms with van der Waals surface area (Å²) in [5, 5.41) is 10.1. The number of carbonyl (C=O) groups excluding carboxylic acids is 1. The Morgan fingerprint density at radius 2 is 1.86 bits per heavy atom. The van der Waals surface area contributed by atoms with Crippen molar-refractivity contribution >= 4 is 5.97 Å². The summed E-state index contributed by atoms with van der Waals surface area (Å²) in [6.07, 6.45) is 7.13. The van der Waals surface area contributed by atoms with E-state index >= 15 is 0 Å². The van der Waals surface area contributed by atoms with Crippen molar-refractivity contribution < 1.29 is 33.6 Å². The van der Waals surface area contributed by atoms with E-state index < -0.39 is 17.9 Å². The molecule has 0 saturated carbocycles. The molecule has 1 N–H and O–H groups in total. The molecule has 7 heteroatoms. The van der Waals surface area contributed by atoms with Gasteiger partial charge in [-0.05, 0) is 52.0 Å². The Kier molecular flexibility index (Phi) is 6.94. The second-order valence-electron chi connectivity index (χ2n) is 8.12. The Hall–Kier alpha value is -1.25. The van der Waals surface area contributed by atoms with Crippen molar-refractivity contribution in [3.63, 3.8) is 0 Å². The predicted molar refractivity (Wildman–Crippen MR) is 102 cm³/mol. The highest BCUT2D eigenvalue weighted by atomic mass is 16.8. The van der Waals surface area contributed by atoms with Crippen molar-refractivity contribution in [1.29, 1.82) is 0 Å². The number of ether oxygens (including phenoxy) is 5. The standard InChI is InChI=1S/C21H32O7/c1-5-6-13(22)14-7-8-15(25-14)16-9-10-17(26-16)20-18(11-12-19(23)24-4)27-21(2,3)28-20/h5,11-18,20,22H,1,6-10H2,2-4H3/b12-11+/t13-,14-,15+,16-,17-,18+,20-/m1/s1. The van der Waals surface area contributed by atoms with Gasteiger partial charge in [0.25, 0.3) is 0 Å². The molecule has 0 aromatic carbocycles. The van der Waals surface area contributed by atoms with Gasteiger partial charge in [-0.15, -0.1) is 6.58 Å². The van der Waals surface area contributed by atoms with Gasteiger partial charge in [0, 0.05) is 6.08 Å². The summed E-state index contributed by atoms with van der Waals surface area (Å²) in [7, 11) is 1.34. The first kappa shape index (κ1) is 21.5. The highest BCUT2D eigenvalue weighted by Crippen LogP contribution is 2.39. The molecule has 0 spiro atoms. The minimum absolute atomic E-state index is 0.0196. The third-order valence-electron chi connectivity index (χ3n) is 5.58. The van der Waals surface area contributed by atoms with Gasteiger partial charge >= 0.3 is 5.97 Å². The van der Waals surface area contributed by atoms with Gasteiger partial charge in [-0.25, -0.2) is 4.79 Å². The molecule has 7 atom stereocenters. The van der Waals surface area contributed by atoms with Crippen LogP contribution >= 0.6 is 0 Å². The zero-order chi connectivity index (χ0) is 20.3. The third-order valence-corrected chi connectivity index (χ3v) is 5.58. The first-order chi connectivity index (χ1) is 13.3. The van der Waals surface area contributed by atoms with E-state index in [-0.39, 0.29) is 36.6 Å². The minimum Gasteiger partial charge on any atom is -0.466 e. The highest BCUT2D eigenvalue weighted by Gasteiger charge is 2.48. The molecule has 0 unspecified atom stereocenters. The van der Waals surface area contributed by atoms with Crippen LogP contribution in [0.5, 0.6) is 0 Å². The fraction of sp³-hybridized carbons (Fsp3) is 0.762. The van der Waals surface area contributed by atoms with E-state index in [0.29, 0.717) is 6.42 Å². The van der Waals surface area contributed by atoms with Crippen LogP contribution in [-0.4, -0.2) is 66.7 Å². The van der Waals surface area contributed by atoms with Crippen LogP contribution in [0, 0.1) is 0 Å². The maximum Gasteiger partial charge on any atom is 0.330 e. The lowest BCUT2D eigenvalue weighted by molar-refractivity contribution is -0.162. The van der Waals surface area contributed by atoms with Gasteiger partial charge in [0.1, 0.15) is 12.2 Å². The molecular formula is C21H32O7. The first-order valence-corrected chi connectivity index (χ1v) is 10.0. The van der Waals surface area contributed by atoms with Gasteiger partial charge in [-0.1, -0.05) is 6.08 Å². The summed E-state index contributed by atoms with van der Waals surface area (Å²) in [6, 6.07) is 0. The number of esters is 1. The molecule has 0 amide bonds. The molecule has 0 radical (unpaired) electrons. The highest BCUT2D eigenvalue weighted by molar-refractivity contribution is 5.81. The van der Waals surface area contributed by atoms with E-state index in [1.807, 2.05) is 13.8 Å². The summed E-state index contributed by atoms with van der Waals surface area (Å²) in [4.78, 5) is 11.4. The lowest BCUT2D eigenvalue weighted by Crippen LogP contribution is -2.37. The van der Waals surface area contributed by atoms with Gasteiger partial charge in [0.05, 0.1) is 37.6 Å². The normalized spacial score (nSPS) is 38.7. The Balaban J connectivity index is 1.58. The van der Waals surface area contributed by atoms with E-state index in [0.717, 1.165) is 25.7 Å². The largest absolute Gasteiger partial charge is 0.466 e. The molecule has 0 bridgehead atoms. The van der Waals surface area contributed by atoms with Crippen LogP contribution in [0.3, 0.4) is 0 Å². The van der Waals surface area contributed by atoms with Gasteiger partial charge in [0.15, 0.2) is 5.79 Å². The van der Waals surface area contributed by atoms with Crippen molar-refractivity contribution in [1.82, 2.24) is 0 Å². The lowest BCUT2D eigenvalue weighted by Gasteiger charge is -2.25. The maximum atomic E-state index is 11.4. The molecule has 3 saturated heterocycles. The van der Waals surface area contributed by atoms with Crippen molar-refractivity contribution in [3.05, 3.63) is 24.8 Å². The van der Waals surface area contributed by atoms with Crippen LogP contribution in [-0.2, 0) is 28.5 Å². The lowest BCUT2D eigenvalue weighted by atomic mass is 10.0. The van der Waals surface area contributed by atoms with Crippen LogP contribution < -0.4 is 0 Å². The molecule has 3 rings (SSSR count). The zero-order valence-corrected chi connectivity index (χ0v) is 16.9. The zero-order valence-electron chi connectivity index (χ0n) is 16.9. The van der Waals surface area contributed by atoms with Crippen molar-refractivity contribution in [2.24, 2.45) is 0 Å². The molecule has 3 aliphatic heterocycles.